The highest BCUT2D eigenvalue weighted by Crippen LogP contribution is 2.42. The zero-order chi connectivity index (χ0) is 24.7. The molecule has 1 aliphatic rings. The lowest BCUT2D eigenvalue weighted by Gasteiger charge is -2.41. The maximum atomic E-state index is 12.3. The Morgan fingerprint density at radius 2 is 1.74 bits per heavy atom. The van der Waals surface area contributed by atoms with Crippen molar-refractivity contribution in [2.45, 2.75) is 70.3 Å². The third-order valence-corrected chi connectivity index (χ3v) is 7.69. The molecule has 2 aromatic carbocycles. The van der Waals surface area contributed by atoms with Gasteiger partial charge in [-0.15, -0.1) is 0 Å². The topological polar surface area (TPSA) is 67.8 Å². The maximum Gasteiger partial charge on any atom is 0.276 e. The van der Waals surface area contributed by atoms with Gasteiger partial charge in [0.15, 0.2) is 0 Å². The van der Waals surface area contributed by atoms with Crippen molar-refractivity contribution in [3.05, 3.63) is 65.7 Å². The number of nitrogens with one attached hydrogen (secondary N) is 1. The van der Waals surface area contributed by atoms with Crippen LogP contribution < -0.4 is 4.83 Å². The molecule has 182 valence electrons. The second-order valence-corrected chi connectivity index (χ2v) is 11.8. The van der Waals surface area contributed by atoms with Crippen LogP contribution >= 0.6 is 0 Å². The summed E-state index contributed by atoms with van der Waals surface area (Å²) in [7, 11) is -3.67. The standard InChI is InChI=1S/C28H36N2O3S/c1-23-11-13-26(14-12-23)34(31,32)30-29-21-8-22-33-28(18-15-24-9-6-5-7-10-24)19-16-25(17-20-28)27(2,3)4/h5-7,9-14,21,25,30H,8,16-17,19-20,22H2,1-4H3/b29-21+. The van der Waals surface area contributed by atoms with Gasteiger partial charge in [-0.1, -0.05) is 68.5 Å². The van der Waals surface area contributed by atoms with E-state index in [2.05, 4.69) is 42.5 Å². The number of sulfonamides is 1. The number of nitrogens with zero attached hydrogens (tertiary/aromatic N) is 1. The van der Waals surface area contributed by atoms with Crippen LogP contribution in [0.25, 0.3) is 0 Å². The van der Waals surface area contributed by atoms with Crippen molar-refractivity contribution < 1.29 is 13.2 Å². The number of benzene rings is 2. The smallest absolute Gasteiger partial charge is 0.276 e. The molecule has 0 aliphatic heterocycles. The van der Waals surface area contributed by atoms with Crippen LogP contribution in [0.1, 0.15) is 64.0 Å². The van der Waals surface area contributed by atoms with Gasteiger partial charge in [-0.3, -0.25) is 0 Å². The molecule has 0 radical (unpaired) electrons. The highest BCUT2D eigenvalue weighted by Gasteiger charge is 2.38. The predicted octanol–water partition coefficient (Wildman–Crippen LogP) is 5.69. The van der Waals surface area contributed by atoms with Gasteiger partial charge in [-0.2, -0.15) is 13.5 Å². The van der Waals surface area contributed by atoms with E-state index in [1.54, 1.807) is 30.5 Å². The zero-order valence-electron chi connectivity index (χ0n) is 20.7. The first kappa shape index (κ1) is 26.0. The summed E-state index contributed by atoms with van der Waals surface area (Å²) < 4.78 is 31.0. The van der Waals surface area contributed by atoms with Crippen molar-refractivity contribution in [3.63, 3.8) is 0 Å². The molecule has 0 atom stereocenters. The normalized spacial score (nSPS) is 21.1. The number of hydrazone groups is 1. The molecule has 1 saturated carbocycles. The molecule has 5 nitrogen and oxygen atoms in total. The van der Waals surface area contributed by atoms with Crippen LogP contribution in [-0.2, 0) is 14.8 Å². The molecule has 0 heterocycles. The van der Waals surface area contributed by atoms with Gasteiger partial charge in [-0.25, -0.2) is 4.83 Å². The molecule has 0 spiro atoms. The molecule has 34 heavy (non-hydrogen) atoms. The van der Waals surface area contributed by atoms with Gasteiger partial charge in [0.2, 0.25) is 0 Å². The third-order valence-electron chi connectivity index (χ3n) is 6.45. The number of ether oxygens (including phenoxy) is 1. The molecule has 1 N–H and O–H groups in total. The van der Waals surface area contributed by atoms with Crippen molar-refractivity contribution >= 4 is 16.2 Å². The molecule has 3 rings (SSSR count). The van der Waals surface area contributed by atoms with Crippen LogP contribution in [0.15, 0.2) is 64.6 Å². The first-order valence-electron chi connectivity index (χ1n) is 11.9. The molecule has 1 aliphatic carbocycles. The van der Waals surface area contributed by atoms with Crippen LogP contribution in [0.5, 0.6) is 0 Å². The van der Waals surface area contributed by atoms with E-state index < -0.39 is 15.6 Å². The van der Waals surface area contributed by atoms with Crippen molar-refractivity contribution in [1.29, 1.82) is 0 Å². The molecular weight excluding hydrogens is 444 g/mol. The van der Waals surface area contributed by atoms with Gasteiger partial charge in [0, 0.05) is 18.2 Å². The first-order chi connectivity index (χ1) is 16.1. The van der Waals surface area contributed by atoms with Gasteiger partial charge in [0.25, 0.3) is 10.0 Å². The van der Waals surface area contributed by atoms with E-state index in [9.17, 15) is 8.42 Å². The molecule has 0 bridgehead atoms. The minimum atomic E-state index is -3.67. The second-order valence-electron chi connectivity index (χ2n) is 10.1. The van der Waals surface area contributed by atoms with Crippen molar-refractivity contribution in [2.24, 2.45) is 16.4 Å². The highest BCUT2D eigenvalue weighted by atomic mass is 32.2. The van der Waals surface area contributed by atoms with Crippen LogP contribution in [0.4, 0.5) is 0 Å². The SMILES string of the molecule is Cc1ccc(S(=O)(=O)N/N=C/CCOC2(C#Cc3ccccc3)CCC(C(C)(C)C)CC2)cc1. The Morgan fingerprint density at radius 1 is 1.09 bits per heavy atom. The van der Waals surface area contributed by atoms with Crippen LogP contribution in [0.3, 0.4) is 0 Å². The Labute approximate surface area is 205 Å². The Balaban J connectivity index is 1.59. The van der Waals surface area contributed by atoms with Gasteiger partial charge >= 0.3 is 0 Å². The molecule has 0 unspecified atom stereocenters. The summed E-state index contributed by atoms with van der Waals surface area (Å²) in [6.45, 7) is 9.24. The van der Waals surface area contributed by atoms with E-state index in [-0.39, 0.29) is 10.3 Å². The lowest BCUT2D eigenvalue weighted by atomic mass is 9.68. The molecule has 6 heteroatoms. The van der Waals surface area contributed by atoms with Gasteiger partial charge in [0.05, 0.1) is 11.5 Å². The summed E-state index contributed by atoms with van der Waals surface area (Å²) in [6.07, 6.45) is 5.99. The Bertz CT molecular complexity index is 1110. The molecule has 0 saturated heterocycles. The lowest BCUT2D eigenvalue weighted by Crippen LogP contribution is -2.39. The van der Waals surface area contributed by atoms with Crippen molar-refractivity contribution in [3.8, 4) is 11.8 Å². The summed E-state index contributed by atoms with van der Waals surface area (Å²) in [6, 6.07) is 16.6. The van der Waals surface area contributed by atoms with Gasteiger partial charge in [-0.05, 0) is 68.2 Å². The predicted molar refractivity (Wildman–Crippen MR) is 138 cm³/mol. The van der Waals surface area contributed by atoms with E-state index >= 15 is 0 Å². The van der Waals surface area contributed by atoms with E-state index in [4.69, 9.17) is 4.74 Å². The average molecular weight is 481 g/mol. The monoisotopic (exact) mass is 480 g/mol. The molecule has 0 aromatic heterocycles. The van der Waals surface area contributed by atoms with Crippen LogP contribution in [-0.4, -0.2) is 26.8 Å². The van der Waals surface area contributed by atoms with Crippen LogP contribution in [0.2, 0.25) is 0 Å². The molecule has 0 amide bonds. The summed E-state index contributed by atoms with van der Waals surface area (Å²) in [5.74, 6) is 7.39. The minimum absolute atomic E-state index is 0.192. The Hall–Kier alpha value is -2.62. The first-order valence-corrected chi connectivity index (χ1v) is 13.4. The molecule has 1 fully saturated rings. The van der Waals surface area contributed by atoms with Crippen molar-refractivity contribution in [1.82, 2.24) is 4.83 Å². The largest absolute Gasteiger partial charge is 0.362 e. The number of hydrogen-bond acceptors (Lipinski definition) is 4. The van der Waals surface area contributed by atoms with E-state index in [0.717, 1.165) is 36.8 Å². The zero-order valence-corrected chi connectivity index (χ0v) is 21.5. The van der Waals surface area contributed by atoms with Crippen molar-refractivity contribution in [2.75, 3.05) is 6.61 Å². The van der Waals surface area contributed by atoms with Gasteiger partial charge in [0.1, 0.15) is 5.60 Å². The summed E-state index contributed by atoms with van der Waals surface area (Å²) in [5.41, 5.74) is 1.78. The Morgan fingerprint density at radius 3 is 2.35 bits per heavy atom. The average Bonchev–Trinajstić information content (AvgIpc) is 2.81. The summed E-state index contributed by atoms with van der Waals surface area (Å²) in [4.78, 5) is 2.46. The minimum Gasteiger partial charge on any atom is -0.362 e. The Kier molecular flexibility index (Phi) is 8.57. The third kappa shape index (κ3) is 7.44. The second kappa shape index (κ2) is 11.2. The quantitative estimate of drug-likeness (QED) is 0.239. The molecular formula is C28H36N2O3S. The summed E-state index contributed by atoms with van der Waals surface area (Å²) in [5, 5.41) is 3.91. The fraction of sp³-hybridized carbons (Fsp3) is 0.464. The fourth-order valence-electron chi connectivity index (χ4n) is 4.21. The van der Waals surface area contributed by atoms with Crippen LogP contribution in [0, 0.1) is 30.1 Å². The number of aryl methyl sites for hydroxylation is 1. The number of rotatable bonds is 7. The molecule has 2 aromatic rings. The number of hydrogen-bond donors (Lipinski definition) is 1. The summed E-state index contributed by atoms with van der Waals surface area (Å²) >= 11 is 0. The fourth-order valence-corrected chi connectivity index (χ4v) is 5.02. The van der Waals surface area contributed by atoms with E-state index in [0.29, 0.717) is 18.9 Å². The van der Waals surface area contributed by atoms with Gasteiger partial charge < -0.3 is 4.74 Å². The lowest BCUT2D eigenvalue weighted by molar-refractivity contribution is -0.0425. The highest BCUT2D eigenvalue weighted by molar-refractivity contribution is 7.89. The van der Waals surface area contributed by atoms with E-state index in [1.165, 1.54) is 0 Å². The van der Waals surface area contributed by atoms with E-state index in [1.807, 2.05) is 37.3 Å². The maximum absolute atomic E-state index is 12.3.